The summed E-state index contributed by atoms with van der Waals surface area (Å²) >= 11 is 4.87. The maximum Gasteiger partial charge on any atom is 0.261 e. The van der Waals surface area contributed by atoms with Gasteiger partial charge in [0, 0.05) is 30.3 Å². The predicted molar refractivity (Wildman–Crippen MR) is 133 cm³/mol. The van der Waals surface area contributed by atoms with Crippen LogP contribution in [0.3, 0.4) is 0 Å². The summed E-state index contributed by atoms with van der Waals surface area (Å²) in [6.45, 7) is 1.87. The first-order valence-electron chi connectivity index (χ1n) is 11.1. The van der Waals surface area contributed by atoms with E-state index in [0.717, 1.165) is 52.0 Å². The van der Waals surface area contributed by atoms with E-state index in [1.165, 1.54) is 11.3 Å². The van der Waals surface area contributed by atoms with Crippen molar-refractivity contribution in [1.82, 2.24) is 25.1 Å². The monoisotopic (exact) mass is 525 g/mol. The van der Waals surface area contributed by atoms with Gasteiger partial charge < -0.3 is 9.88 Å². The first-order valence-corrected chi connectivity index (χ1v) is 12.8. The maximum absolute atomic E-state index is 12.7. The molecule has 2 unspecified atom stereocenters. The van der Waals surface area contributed by atoms with E-state index in [2.05, 4.69) is 36.0 Å². The Labute approximate surface area is 203 Å². The van der Waals surface area contributed by atoms with Crippen LogP contribution in [-0.2, 0) is 0 Å². The molecule has 170 valence electrons. The average molecular weight is 526 g/mol. The fourth-order valence-corrected chi connectivity index (χ4v) is 5.93. The second-order valence-corrected chi connectivity index (χ2v) is 10.8. The Morgan fingerprint density at radius 3 is 2.85 bits per heavy atom. The van der Waals surface area contributed by atoms with E-state index in [9.17, 15) is 9.59 Å². The van der Waals surface area contributed by atoms with Crippen molar-refractivity contribution in [2.24, 2.45) is 0 Å². The number of ketones is 1. The van der Waals surface area contributed by atoms with Crippen LogP contribution in [-0.4, -0.2) is 37.5 Å². The minimum absolute atomic E-state index is 0.0247. The average Bonchev–Trinajstić information content (AvgIpc) is 3.57. The zero-order valence-electron chi connectivity index (χ0n) is 18.2. The Morgan fingerprint density at radius 1 is 1.24 bits per heavy atom. The van der Waals surface area contributed by atoms with Gasteiger partial charge in [0.2, 0.25) is 0 Å². The Kier molecular flexibility index (Phi) is 6.16. The van der Waals surface area contributed by atoms with Gasteiger partial charge in [-0.15, -0.1) is 11.3 Å². The lowest BCUT2D eigenvalue weighted by atomic mass is 9.90. The number of carbonyl (C=O) groups is 2. The molecular formula is C24H24BrN5O2S. The van der Waals surface area contributed by atoms with Crippen molar-refractivity contribution in [3.63, 3.8) is 0 Å². The number of hydrogen-bond acceptors (Lipinski definition) is 5. The molecule has 1 aliphatic carbocycles. The molecular weight excluding hydrogens is 502 g/mol. The molecule has 0 spiro atoms. The summed E-state index contributed by atoms with van der Waals surface area (Å²) < 4.78 is 3.20. The Morgan fingerprint density at radius 2 is 2.12 bits per heavy atom. The van der Waals surface area contributed by atoms with Gasteiger partial charge in [0.25, 0.3) is 5.91 Å². The summed E-state index contributed by atoms with van der Waals surface area (Å²) in [7, 11) is 0. The minimum atomic E-state index is -0.0247. The Bertz CT molecular complexity index is 1310. The molecule has 0 radical (unpaired) electrons. The van der Waals surface area contributed by atoms with E-state index in [4.69, 9.17) is 4.98 Å². The molecule has 1 amide bonds. The van der Waals surface area contributed by atoms with Crippen molar-refractivity contribution in [2.45, 2.75) is 51.1 Å². The Balaban J connectivity index is 1.47. The molecule has 1 fully saturated rings. The normalized spacial score (nSPS) is 18.5. The smallest absolute Gasteiger partial charge is 0.261 e. The van der Waals surface area contributed by atoms with Crippen LogP contribution < -0.4 is 5.32 Å². The van der Waals surface area contributed by atoms with Crippen LogP contribution in [0, 0.1) is 0 Å². The number of fused-ring (bicyclic) bond motifs is 1. The number of nitrogens with zero attached hydrogens (tertiary/aromatic N) is 3. The maximum atomic E-state index is 12.7. The van der Waals surface area contributed by atoms with E-state index in [-0.39, 0.29) is 23.8 Å². The van der Waals surface area contributed by atoms with E-state index < -0.39 is 0 Å². The molecule has 0 saturated heterocycles. The molecule has 2 atom stereocenters. The number of rotatable bonds is 6. The highest BCUT2D eigenvalue weighted by Gasteiger charge is 2.29. The highest BCUT2D eigenvalue weighted by molar-refractivity contribution is 9.11. The molecule has 1 saturated carbocycles. The number of halogens is 1. The highest BCUT2D eigenvalue weighted by Crippen LogP contribution is 2.36. The highest BCUT2D eigenvalue weighted by atomic mass is 79.9. The number of Topliss-reactive ketones (excluding diaryl/α,β-unsaturated/α-hetero) is 1. The topological polar surface area (TPSA) is 92.7 Å². The third-order valence-corrected chi connectivity index (χ3v) is 7.84. The molecule has 7 nitrogen and oxygen atoms in total. The van der Waals surface area contributed by atoms with Crippen molar-refractivity contribution in [1.29, 1.82) is 0 Å². The van der Waals surface area contributed by atoms with Crippen molar-refractivity contribution in [2.75, 3.05) is 0 Å². The number of benzene rings is 1. The number of aromatic nitrogens is 4. The van der Waals surface area contributed by atoms with Crippen LogP contribution in [0.15, 0.2) is 46.4 Å². The first kappa shape index (κ1) is 22.0. The standard InChI is InChI=1S/C24H24BrN5O2S/c1-2-20(31)14-6-7-19-18(12-14)28-23(17-10-11-26-29-17)30(19)16-5-3-4-15(13-16)27-24(32)21-8-9-22(25)33-21/h6-12,15-16H,2-5,13H2,1H3,(H,26,29)(H,27,32). The van der Waals surface area contributed by atoms with Crippen LogP contribution in [0.2, 0.25) is 0 Å². The predicted octanol–water partition coefficient (Wildman–Crippen LogP) is 5.76. The summed E-state index contributed by atoms with van der Waals surface area (Å²) in [5.41, 5.74) is 3.31. The van der Waals surface area contributed by atoms with Crippen LogP contribution in [0.4, 0.5) is 0 Å². The van der Waals surface area contributed by atoms with Gasteiger partial charge >= 0.3 is 0 Å². The summed E-state index contributed by atoms with van der Waals surface area (Å²) in [6, 6.07) is 11.7. The summed E-state index contributed by atoms with van der Waals surface area (Å²) in [6.07, 6.45) is 5.96. The second kappa shape index (κ2) is 9.23. The number of H-pyrrole nitrogens is 1. The van der Waals surface area contributed by atoms with Gasteiger partial charge in [-0.1, -0.05) is 6.92 Å². The Hall–Kier alpha value is -2.78. The van der Waals surface area contributed by atoms with Gasteiger partial charge in [-0.3, -0.25) is 14.7 Å². The number of nitrogens with one attached hydrogen (secondary N) is 2. The van der Waals surface area contributed by atoms with Gasteiger partial charge in [0.05, 0.1) is 19.7 Å². The molecule has 9 heteroatoms. The van der Waals surface area contributed by atoms with Gasteiger partial charge in [-0.05, 0) is 78.0 Å². The number of aromatic amines is 1. The first-order chi connectivity index (χ1) is 16.0. The van der Waals surface area contributed by atoms with Crippen LogP contribution in [0.1, 0.15) is 65.1 Å². The van der Waals surface area contributed by atoms with E-state index in [1.54, 1.807) is 6.20 Å². The molecule has 5 rings (SSSR count). The summed E-state index contributed by atoms with van der Waals surface area (Å²) in [5.74, 6) is 0.890. The zero-order chi connectivity index (χ0) is 22.9. The third kappa shape index (κ3) is 4.39. The number of imidazole rings is 1. The van der Waals surface area contributed by atoms with Crippen LogP contribution in [0.25, 0.3) is 22.6 Å². The van der Waals surface area contributed by atoms with Crippen LogP contribution in [0.5, 0.6) is 0 Å². The minimum Gasteiger partial charge on any atom is -0.349 e. The van der Waals surface area contributed by atoms with Gasteiger partial charge in [0.1, 0.15) is 5.69 Å². The SMILES string of the molecule is CCC(=O)c1ccc2c(c1)nc(-c1ccn[nH]1)n2C1CCCC(NC(=O)c2ccc(Br)s2)C1. The number of amides is 1. The molecule has 0 aliphatic heterocycles. The molecule has 2 N–H and O–H groups in total. The fraction of sp³-hybridized carbons (Fsp3) is 0.333. The summed E-state index contributed by atoms with van der Waals surface area (Å²) in [5, 5.41) is 10.4. The lowest BCUT2D eigenvalue weighted by Gasteiger charge is -2.31. The lowest BCUT2D eigenvalue weighted by molar-refractivity contribution is 0.0924. The van der Waals surface area contributed by atoms with Gasteiger partial charge in [-0.2, -0.15) is 5.10 Å². The summed E-state index contributed by atoms with van der Waals surface area (Å²) in [4.78, 5) is 30.6. The lowest BCUT2D eigenvalue weighted by Crippen LogP contribution is -2.38. The van der Waals surface area contributed by atoms with E-state index in [1.807, 2.05) is 43.3 Å². The van der Waals surface area contributed by atoms with E-state index in [0.29, 0.717) is 16.9 Å². The van der Waals surface area contributed by atoms with Crippen molar-refractivity contribution >= 4 is 50.0 Å². The van der Waals surface area contributed by atoms with Crippen molar-refractivity contribution in [3.8, 4) is 11.5 Å². The van der Waals surface area contributed by atoms with E-state index >= 15 is 0 Å². The van der Waals surface area contributed by atoms with Crippen LogP contribution >= 0.6 is 27.3 Å². The third-order valence-electron chi connectivity index (χ3n) is 6.22. The fourth-order valence-electron chi connectivity index (χ4n) is 4.64. The van der Waals surface area contributed by atoms with Crippen molar-refractivity contribution in [3.05, 3.63) is 56.8 Å². The second-order valence-electron chi connectivity index (χ2n) is 8.35. The molecule has 1 aromatic carbocycles. The molecule has 4 aromatic rings. The number of carbonyl (C=O) groups excluding carboxylic acids is 2. The molecule has 3 aromatic heterocycles. The largest absolute Gasteiger partial charge is 0.349 e. The molecule has 33 heavy (non-hydrogen) atoms. The van der Waals surface area contributed by atoms with Gasteiger partial charge in [0.15, 0.2) is 11.6 Å². The molecule has 0 bridgehead atoms. The molecule has 3 heterocycles. The quantitative estimate of drug-likeness (QED) is 0.313. The molecule has 1 aliphatic rings. The van der Waals surface area contributed by atoms with Crippen molar-refractivity contribution < 1.29 is 9.59 Å². The number of hydrogen-bond donors (Lipinski definition) is 2. The van der Waals surface area contributed by atoms with Gasteiger partial charge in [-0.25, -0.2) is 4.98 Å². The zero-order valence-corrected chi connectivity index (χ0v) is 20.6. The number of thiophene rings is 1.